The largest absolute Gasteiger partial charge is 0.378 e. The maximum Gasteiger partial charge on any atom is 0.157 e. The SMILES string of the molecule is CCc1cc(NN)n2nc(COC)cc2n1. The van der Waals surface area contributed by atoms with E-state index in [1.165, 1.54) is 0 Å². The van der Waals surface area contributed by atoms with Crippen LogP contribution in [-0.4, -0.2) is 21.7 Å². The number of nitrogen functional groups attached to an aromatic ring is 1. The summed E-state index contributed by atoms with van der Waals surface area (Å²) in [4.78, 5) is 4.45. The van der Waals surface area contributed by atoms with Crippen molar-refractivity contribution in [2.24, 2.45) is 5.84 Å². The van der Waals surface area contributed by atoms with E-state index < -0.39 is 0 Å². The zero-order chi connectivity index (χ0) is 11.5. The molecular formula is C10H15N5O. The van der Waals surface area contributed by atoms with E-state index in [1.54, 1.807) is 11.6 Å². The quantitative estimate of drug-likeness (QED) is 0.587. The molecule has 0 radical (unpaired) electrons. The summed E-state index contributed by atoms with van der Waals surface area (Å²) in [5.41, 5.74) is 5.21. The number of rotatable bonds is 4. The first-order valence-corrected chi connectivity index (χ1v) is 5.12. The van der Waals surface area contributed by atoms with E-state index in [9.17, 15) is 0 Å². The Morgan fingerprint density at radius 1 is 1.44 bits per heavy atom. The molecule has 0 bridgehead atoms. The third kappa shape index (κ3) is 1.84. The van der Waals surface area contributed by atoms with Gasteiger partial charge in [-0.05, 0) is 6.42 Å². The third-order valence-corrected chi connectivity index (χ3v) is 2.33. The molecule has 2 aromatic heterocycles. The zero-order valence-electron chi connectivity index (χ0n) is 9.40. The number of nitrogens with two attached hydrogens (primary N) is 1. The first-order chi connectivity index (χ1) is 7.78. The van der Waals surface area contributed by atoms with Crippen LogP contribution in [0.2, 0.25) is 0 Å². The average molecular weight is 221 g/mol. The average Bonchev–Trinajstić information content (AvgIpc) is 2.70. The number of hydrogen-bond donors (Lipinski definition) is 2. The van der Waals surface area contributed by atoms with Gasteiger partial charge in [0.25, 0.3) is 0 Å². The highest BCUT2D eigenvalue weighted by atomic mass is 16.5. The Morgan fingerprint density at radius 2 is 2.25 bits per heavy atom. The summed E-state index contributed by atoms with van der Waals surface area (Å²) in [7, 11) is 1.64. The molecule has 0 aliphatic heterocycles. The van der Waals surface area contributed by atoms with Crippen LogP contribution < -0.4 is 11.3 Å². The first kappa shape index (κ1) is 10.8. The second-order valence-electron chi connectivity index (χ2n) is 3.47. The lowest BCUT2D eigenvalue weighted by Gasteiger charge is -2.05. The minimum Gasteiger partial charge on any atom is -0.378 e. The van der Waals surface area contributed by atoms with Crippen LogP contribution in [0.5, 0.6) is 0 Å². The van der Waals surface area contributed by atoms with Crippen molar-refractivity contribution in [3.05, 3.63) is 23.5 Å². The Balaban J connectivity index is 2.55. The molecule has 2 rings (SSSR count). The molecule has 0 unspecified atom stereocenters. The van der Waals surface area contributed by atoms with Gasteiger partial charge in [-0.15, -0.1) is 0 Å². The predicted octanol–water partition coefficient (Wildman–Crippen LogP) is 0.724. The van der Waals surface area contributed by atoms with Crippen molar-refractivity contribution in [3.63, 3.8) is 0 Å². The van der Waals surface area contributed by atoms with Crippen LogP contribution in [0.4, 0.5) is 5.82 Å². The van der Waals surface area contributed by atoms with Gasteiger partial charge in [0.2, 0.25) is 0 Å². The smallest absolute Gasteiger partial charge is 0.157 e. The lowest BCUT2D eigenvalue weighted by Crippen LogP contribution is -2.12. The molecule has 0 saturated carbocycles. The number of hydrazine groups is 1. The Morgan fingerprint density at radius 3 is 2.88 bits per heavy atom. The molecule has 0 aromatic carbocycles. The number of methoxy groups -OCH3 is 1. The maximum absolute atomic E-state index is 5.45. The fraction of sp³-hybridized carbons (Fsp3) is 0.400. The summed E-state index contributed by atoms with van der Waals surface area (Å²) in [6.07, 6.45) is 0.857. The molecule has 0 atom stereocenters. The van der Waals surface area contributed by atoms with Gasteiger partial charge in [0.15, 0.2) is 5.65 Å². The second kappa shape index (κ2) is 4.46. The third-order valence-electron chi connectivity index (χ3n) is 2.33. The molecule has 2 heterocycles. The predicted molar refractivity (Wildman–Crippen MR) is 60.9 cm³/mol. The molecule has 0 aliphatic rings. The van der Waals surface area contributed by atoms with E-state index in [4.69, 9.17) is 10.6 Å². The van der Waals surface area contributed by atoms with E-state index in [0.717, 1.165) is 29.3 Å². The normalized spacial score (nSPS) is 10.9. The van der Waals surface area contributed by atoms with Crippen LogP contribution >= 0.6 is 0 Å². The van der Waals surface area contributed by atoms with Gasteiger partial charge in [-0.3, -0.25) is 0 Å². The Kier molecular flexibility index (Phi) is 3.02. The number of aromatic nitrogens is 3. The fourth-order valence-electron chi connectivity index (χ4n) is 1.58. The van der Waals surface area contributed by atoms with Gasteiger partial charge in [0, 0.05) is 24.9 Å². The Bertz CT molecular complexity index is 493. The fourth-order valence-corrected chi connectivity index (χ4v) is 1.58. The molecule has 86 valence electrons. The topological polar surface area (TPSA) is 77.5 Å². The van der Waals surface area contributed by atoms with E-state index in [2.05, 4.69) is 15.5 Å². The van der Waals surface area contributed by atoms with Gasteiger partial charge in [0.05, 0.1) is 12.3 Å². The molecule has 16 heavy (non-hydrogen) atoms. The van der Waals surface area contributed by atoms with Gasteiger partial charge >= 0.3 is 0 Å². The number of hydrogen-bond acceptors (Lipinski definition) is 5. The van der Waals surface area contributed by atoms with Crippen LogP contribution in [0.1, 0.15) is 18.3 Å². The van der Waals surface area contributed by atoms with E-state index in [0.29, 0.717) is 6.61 Å². The van der Waals surface area contributed by atoms with Crippen LogP contribution in [0.15, 0.2) is 12.1 Å². The molecular weight excluding hydrogens is 206 g/mol. The van der Waals surface area contributed by atoms with Crippen molar-refractivity contribution >= 4 is 11.5 Å². The standard InChI is InChI=1S/C10H15N5O/c1-3-7-4-10(13-11)15-9(12-7)5-8(14-15)6-16-2/h4-5,13H,3,6,11H2,1-2H3. The van der Waals surface area contributed by atoms with Gasteiger partial charge in [-0.1, -0.05) is 6.92 Å². The van der Waals surface area contributed by atoms with Crippen molar-refractivity contribution in [3.8, 4) is 0 Å². The Labute approximate surface area is 93.4 Å². The summed E-state index contributed by atoms with van der Waals surface area (Å²) < 4.78 is 6.71. The minimum atomic E-state index is 0.467. The van der Waals surface area contributed by atoms with Gasteiger partial charge in [0.1, 0.15) is 5.82 Å². The zero-order valence-corrected chi connectivity index (χ0v) is 9.40. The molecule has 0 spiro atoms. The van der Waals surface area contributed by atoms with Crippen LogP contribution in [0.25, 0.3) is 5.65 Å². The lowest BCUT2D eigenvalue weighted by atomic mass is 10.3. The van der Waals surface area contributed by atoms with E-state index in [1.807, 2.05) is 19.1 Å². The number of ether oxygens (including phenoxy) is 1. The summed E-state index contributed by atoms with van der Waals surface area (Å²) in [5.74, 6) is 6.18. The highest BCUT2D eigenvalue weighted by Crippen LogP contribution is 2.14. The molecule has 6 nitrogen and oxygen atoms in total. The van der Waals surface area contributed by atoms with Crippen molar-refractivity contribution in [2.45, 2.75) is 20.0 Å². The van der Waals surface area contributed by atoms with Crippen molar-refractivity contribution in [1.29, 1.82) is 0 Å². The first-order valence-electron chi connectivity index (χ1n) is 5.12. The van der Waals surface area contributed by atoms with E-state index >= 15 is 0 Å². The number of anilines is 1. The van der Waals surface area contributed by atoms with Gasteiger partial charge in [-0.2, -0.15) is 9.61 Å². The van der Waals surface area contributed by atoms with Crippen molar-refractivity contribution in [1.82, 2.24) is 14.6 Å². The molecule has 0 saturated heterocycles. The number of nitrogens with zero attached hydrogens (tertiary/aromatic N) is 3. The van der Waals surface area contributed by atoms with E-state index in [-0.39, 0.29) is 0 Å². The lowest BCUT2D eigenvalue weighted by molar-refractivity contribution is 0.181. The molecule has 6 heteroatoms. The van der Waals surface area contributed by atoms with Crippen LogP contribution in [0.3, 0.4) is 0 Å². The highest BCUT2D eigenvalue weighted by Gasteiger charge is 2.07. The van der Waals surface area contributed by atoms with Gasteiger partial charge < -0.3 is 10.2 Å². The second-order valence-corrected chi connectivity index (χ2v) is 3.47. The molecule has 0 fully saturated rings. The summed E-state index contributed by atoms with van der Waals surface area (Å²) >= 11 is 0. The van der Waals surface area contributed by atoms with Crippen LogP contribution in [0, 0.1) is 0 Å². The summed E-state index contributed by atoms with van der Waals surface area (Å²) in [6.45, 7) is 2.51. The monoisotopic (exact) mass is 221 g/mol. The maximum atomic E-state index is 5.45. The molecule has 0 amide bonds. The van der Waals surface area contributed by atoms with Crippen LogP contribution in [-0.2, 0) is 17.8 Å². The minimum absolute atomic E-state index is 0.467. The van der Waals surface area contributed by atoms with Gasteiger partial charge in [-0.25, -0.2) is 10.8 Å². The number of aryl methyl sites for hydroxylation is 1. The number of fused-ring (bicyclic) bond motifs is 1. The Hall–Kier alpha value is -1.66. The molecule has 2 aromatic rings. The summed E-state index contributed by atoms with van der Waals surface area (Å²) in [6, 6.07) is 3.78. The highest BCUT2D eigenvalue weighted by molar-refractivity contribution is 5.49. The summed E-state index contributed by atoms with van der Waals surface area (Å²) in [5, 5.41) is 4.34. The number of nitrogens with one attached hydrogen (secondary N) is 1. The van der Waals surface area contributed by atoms with Crippen molar-refractivity contribution in [2.75, 3.05) is 12.5 Å². The molecule has 0 aliphatic carbocycles. The molecule has 3 N–H and O–H groups in total. The van der Waals surface area contributed by atoms with Crippen molar-refractivity contribution < 1.29 is 4.74 Å².